The topological polar surface area (TPSA) is 94.0 Å². The number of amides is 1. The minimum atomic E-state index is -0.516. The van der Waals surface area contributed by atoms with E-state index < -0.39 is 10.8 Å². The van der Waals surface area contributed by atoms with Gasteiger partial charge in [-0.3, -0.25) is 20.2 Å². The first kappa shape index (κ1) is 26.1. The van der Waals surface area contributed by atoms with Gasteiger partial charge in [-0.15, -0.1) is 0 Å². The summed E-state index contributed by atoms with van der Waals surface area (Å²) in [6, 6.07) is 10.1. The lowest BCUT2D eigenvalue weighted by Crippen LogP contribution is -2.45. The van der Waals surface area contributed by atoms with Gasteiger partial charge >= 0.3 is 0 Å². The van der Waals surface area contributed by atoms with Crippen LogP contribution in [-0.2, 0) is 0 Å². The molecule has 0 saturated carbocycles. The number of para-hydroxylation sites is 1. The number of benzene rings is 2. The summed E-state index contributed by atoms with van der Waals surface area (Å²) >= 11 is 11.9. The van der Waals surface area contributed by atoms with Crippen LogP contribution in [0.1, 0.15) is 30.1 Å². The molecular formula is C25H31ClN6O3S. The van der Waals surface area contributed by atoms with E-state index >= 15 is 0 Å². The Morgan fingerprint density at radius 3 is 2.44 bits per heavy atom. The van der Waals surface area contributed by atoms with Crippen molar-refractivity contribution in [3.8, 4) is 0 Å². The molecule has 0 aliphatic carbocycles. The first-order chi connectivity index (χ1) is 17.2. The quantitative estimate of drug-likeness (QED) is 0.334. The fourth-order valence-electron chi connectivity index (χ4n) is 4.62. The molecule has 2 aromatic carbocycles. The van der Waals surface area contributed by atoms with Crippen molar-refractivity contribution in [2.75, 3.05) is 61.4 Å². The number of hydrogen-bond acceptors (Lipinski definition) is 7. The molecular weight excluding hydrogens is 500 g/mol. The molecule has 2 N–H and O–H groups in total. The van der Waals surface area contributed by atoms with Crippen LogP contribution in [0.5, 0.6) is 0 Å². The Morgan fingerprint density at radius 2 is 1.78 bits per heavy atom. The van der Waals surface area contributed by atoms with Crippen LogP contribution in [0.15, 0.2) is 36.4 Å². The minimum absolute atomic E-state index is 0.0803. The number of nitrogens with one attached hydrogen (secondary N) is 2. The van der Waals surface area contributed by atoms with Crippen molar-refractivity contribution in [2.24, 2.45) is 5.92 Å². The van der Waals surface area contributed by atoms with Gasteiger partial charge in [0.15, 0.2) is 5.11 Å². The summed E-state index contributed by atoms with van der Waals surface area (Å²) in [5.41, 5.74) is 2.16. The third-order valence-electron chi connectivity index (χ3n) is 6.84. The van der Waals surface area contributed by atoms with Crippen LogP contribution in [0.2, 0.25) is 5.02 Å². The standard InChI is InChI=1S/C25H31ClN6O3S/c1-17-8-10-30(11-9-17)21-7-6-18(16-22(21)32(34)35)24(33)28-25(36)27-20-5-3-4-19(26)23(20)31-14-12-29(2)13-15-31/h3-7,16-17H,8-15H2,1-2H3,(H2,27,28,33,36). The zero-order valence-corrected chi connectivity index (χ0v) is 22.1. The molecule has 2 aromatic rings. The largest absolute Gasteiger partial charge is 0.366 e. The van der Waals surface area contributed by atoms with Gasteiger partial charge in [0.05, 0.1) is 21.3 Å². The normalized spacial score (nSPS) is 17.1. The number of likely N-dealkylation sites (N-methyl/N-ethyl adjacent to an activating group) is 1. The molecule has 0 aromatic heterocycles. The van der Waals surface area contributed by atoms with E-state index in [4.69, 9.17) is 23.8 Å². The van der Waals surface area contributed by atoms with Crippen LogP contribution in [0.3, 0.4) is 0 Å². The Hall–Kier alpha value is -2.95. The van der Waals surface area contributed by atoms with E-state index in [0.29, 0.717) is 22.3 Å². The maximum atomic E-state index is 12.9. The maximum Gasteiger partial charge on any atom is 0.293 e. The molecule has 2 fully saturated rings. The SMILES string of the molecule is CC1CCN(c2ccc(C(=O)NC(=S)Nc3cccc(Cl)c3N3CCN(C)CC3)cc2[N+](=O)[O-])CC1. The number of hydrogen-bond donors (Lipinski definition) is 2. The van der Waals surface area contributed by atoms with Gasteiger partial charge in [0.25, 0.3) is 11.6 Å². The summed E-state index contributed by atoms with van der Waals surface area (Å²) in [5.74, 6) is 0.0905. The van der Waals surface area contributed by atoms with Gasteiger partial charge in [-0.1, -0.05) is 24.6 Å². The van der Waals surface area contributed by atoms with Crippen molar-refractivity contribution in [3.63, 3.8) is 0 Å². The van der Waals surface area contributed by atoms with E-state index in [1.807, 2.05) is 23.1 Å². The van der Waals surface area contributed by atoms with E-state index in [9.17, 15) is 14.9 Å². The number of thiocarbonyl (C=S) groups is 1. The molecule has 0 atom stereocenters. The predicted molar refractivity (Wildman–Crippen MR) is 149 cm³/mol. The molecule has 2 aliphatic rings. The van der Waals surface area contributed by atoms with Gasteiger partial charge in [-0.25, -0.2) is 0 Å². The molecule has 9 nitrogen and oxygen atoms in total. The van der Waals surface area contributed by atoms with Crippen molar-refractivity contribution in [1.82, 2.24) is 10.2 Å². The second kappa shape index (κ2) is 11.4. The summed E-state index contributed by atoms with van der Waals surface area (Å²) in [6.45, 7) is 7.18. The third kappa shape index (κ3) is 6.05. The van der Waals surface area contributed by atoms with Crippen molar-refractivity contribution in [3.05, 3.63) is 57.1 Å². The highest BCUT2D eigenvalue weighted by Gasteiger charge is 2.25. The molecule has 2 saturated heterocycles. The van der Waals surface area contributed by atoms with Gasteiger partial charge in [-0.2, -0.15) is 0 Å². The molecule has 0 spiro atoms. The smallest absolute Gasteiger partial charge is 0.293 e. The first-order valence-electron chi connectivity index (χ1n) is 12.1. The number of piperidine rings is 1. The number of anilines is 3. The molecule has 11 heteroatoms. The van der Waals surface area contributed by atoms with Crippen LogP contribution in [-0.4, -0.2) is 67.2 Å². The molecule has 2 heterocycles. The Morgan fingerprint density at radius 1 is 1.08 bits per heavy atom. The van der Waals surface area contributed by atoms with Gasteiger partial charge in [0, 0.05) is 50.9 Å². The number of piperazine rings is 1. The van der Waals surface area contributed by atoms with Crippen LogP contribution >= 0.6 is 23.8 Å². The van der Waals surface area contributed by atoms with Crippen LogP contribution in [0.25, 0.3) is 0 Å². The van der Waals surface area contributed by atoms with Crippen molar-refractivity contribution >= 4 is 57.6 Å². The lowest BCUT2D eigenvalue weighted by molar-refractivity contribution is -0.384. The van der Waals surface area contributed by atoms with Gasteiger partial charge in [0.1, 0.15) is 5.69 Å². The van der Waals surface area contributed by atoms with Gasteiger partial charge in [0.2, 0.25) is 0 Å². The summed E-state index contributed by atoms with van der Waals surface area (Å²) < 4.78 is 0. The second-order valence-electron chi connectivity index (χ2n) is 9.46. The average Bonchev–Trinajstić information content (AvgIpc) is 2.85. The summed E-state index contributed by atoms with van der Waals surface area (Å²) in [4.78, 5) is 30.7. The summed E-state index contributed by atoms with van der Waals surface area (Å²) in [6.07, 6.45) is 1.97. The molecule has 192 valence electrons. The first-order valence-corrected chi connectivity index (χ1v) is 12.9. The van der Waals surface area contributed by atoms with Crippen molar-refractivity contribution in [2.45, 2.75) is 19.8 Å². The molecule has 4 rings (SSSR count). The fraction of sp³-hybridized carbons (Fsp3) is 0.440. The molecule has 0 unspecified atom stereocenters. The van der Waals surface area contributed by atoms with E-state index in [0.717, 1.165) is 57.8 Å². The Balaban J connectivity index is 1.47. The number of rotatable bonds is 5. The van der Waals surface area contributed by atoms with E-state index in [1.165, 1.54) is 6.07 Å². The van der Waals surface area contributed by atoms with Gasteiger partial charge in [-0.05, 0) is 62.3 Å². The summed E-state index contributed by atoms with van der Waals surface area (Å²) in [5, 5.41) is 18.2. The Bertz CT molecular complexity index is 1150. The lowest BCUT2D eigenvalue weighted by Gasteiger charge is -2.35. The molecule has 0 radical (unpaired) electrons. The van der Waals surface area contributed by atoms with Gasteiger partial charge < -0.3 is 20.0 Å². The maximum absolute atomic E-state index is 12.9. The Labute approximate surface area is 221 Å². The van der Waals surface area contributed by atoms with Crippen molar-refractivity contribution < 1.29 is 9.72 Å². The van der Waals surface area contributed by atoms with E-state index in [1.54, 1.807) is 12.1 Å². The zero-order valence-electron chi connectivity index (χ0n) is 20.5. The third-order valence-corrected chi connectivity index (χ3v) is 7.35. The average molecular weight is 531 g/mol. The monoisotopic (exact) mass is 530 g/mol. The summed E-state index contributed by atoms with van der Waals surface area (Å²) in [7, 11) is 2.08. The van der Waals surface area contributed by atoms with E-state index in [2.05, 4.69) is 34.4 Å². The lowest BCUT2D eigenvalue weighted by atomic mass is 9.98. The van der Waals surface area contributed by atoms with E-state index in [-0.39, 0.29) is 16.4 Å². The van der Waals surface area contributed by atoms with Crippen LogP contribution in [0.4, 0.5) is 22.7 Å². The molecule has 2 aliphatic heterocycles. The number of carbonyl (C=O) groups excluding carboxylic acids is 1. The highest BCUT2D eigenvalue weighted by molar-refractivity contribution is 7.80. The van der Waals surface area contributed by atoms with Crippen LogP contribution in [0, 0.1) is 16.0 Å². The zero-order chi connectivity index (χ0) is 25.8. The van der Waals surface area contributed by atoms with Crippen molar-refractivity contribution in [1.29, 1.82) is 0 Å². The molecule has 0 bridgehead atoms. The fourth-order valence-corrected chi connectivity index (χ4v) is 5.12. The Kier molecular flexibility index (Phi) is 8.28. The molecule has 36 heavy (non-hydrogen) atoms. The number of nitro benzene ring substituents is 1. The number of halogens is 1. The number of nitro groups is 1. The van der Waals surface area contributed by atoms with Crippen LogP contribution < -0.4 is 20.4 Å². The molecule has 1 amide bonds. The highest BCUT2D eigenvalue weighted by atomic mass is 35.5. The predicted octanol–water partition coefficient (Wildman–Crippen LogP) is 4.36. The highest BCUT2D eigenvalue weighted by Crippen LogP contribution is 2.35. The number of nitrogens with zero attached hydrogens (tertiary/aromatic N) is 4. The number of carbonyl (C=O) groups is 1. The minimum Gasteiger partial charge on any atom is -0.366 e. The second-order valence-corrected chi connectivity index (χ2v) is 10.3.